The molecule has 8 heteroatoms. The Labute approximate surface area is 180 Å². The number of benzene rings is 1. The van der Waals surface area contributed by atoms with Crippen molar-refractivity contribution in [3.05, 3.63) is 40.3 Å². The first kappa shape index (κ1) is 20.7. The van der Waals surface area contributed by atoms with Gasteiger partial charge in [0.05, 0.1) is 26.3 Å². The van der Waals surface area contributed by atoms with Gasteiger partial charge in [0.1, 0.15) is 10.8 Å². The van der Waals surface area contributed by atoms with Crippen molar-refractivity contribution in [2.75, 3.05) is 57.2 Å². The van der Waals surface area contributed by atoms with Crippen LogP contribution < -0.4 is 15.0 Å². The molecule has 1 aliphatic heterocycles. The maximum absolute atomic E-state index is 12.7. The molecule has 1 amide bonds. The molecule has 0 atom stereocenters. The predicted molar refractivity (Wildman–Crippen MR) is 118 cm³/mol. The van der Waals surface area contributed by atoms with E-state index in [9.17, 15) is 9.59 Å². The maximum atomic E-state index is 12.7. The topological polar surface area (TPSA) is 71.1 Å². The monoisotopic (exact) mass is 429 g/mol. The van der Waals surface area contributed by atoms with Gasteiger partial charge in [0.25, 0.3) is 0 Å². The molecule has 4 rings (SSSR count). The molecule has 1 aliphatic carbocycles. The summed E-state index contributed by atoms with van der Waals surface area (Å²) >= 11 is 1.51. The third kappa shape index (κ3) is 4.29. The van der Waals surface area contributed by atoms with Gasteiger partial charge in [0.2, 0.25) is 5.91 Å². The number of esters is 1. The number of carbonyl (C=O) groups excluding carboxylic acids is 2. The van der Waals surface area contributed by atoms with Gasteiger partial charge >= 0.3 is 5.97 Å². The summed E-state index contributed by atoms with van der Waals surface area (Å²) in [4.78, 5) is 30.6. The number of hydrogen-bond donors (Lipinski definition) is 1. The van der Waals surface area contributed by atoms with E-state index in [1.165, 1.54) is 23.3 Å². The largest absolute Gasteiger partial charge is 0.497 e. The van der Waals surface area contributed by atoms with E-state index in [1.807, 2.05) is 12.1 Å². The highest BCUT2D eigenvalue weighted by atomic mass is 32.1. The molecule has 0 radical (unpaired) electrons. The van der Waals surface area contributed by atoms with Gasteiger partial charge in [-0.2, -0.15) is 0 Å². The van der Waals surface area contributed by atoms with Crippen molar-refractivity contribution in [3.63, 3.8) is 0 Å². The molecule has 30 heavy (non-hydrogen) atoms. The quantitative estimate of drug-likeness (QED) is 0.712. The Morgan fingerprint density at radius 3 is 2.47 bits per heavy atom. The first-order valence-corrected chi connectivity index (χ1v) is 11.0. The molecule has 2 aliphatic rings. The summed E-state index contributed by atoms with van der Waals surface area (Å²) in [7, 11) is 3.05. The number of ether oxygens (including phenoxy) is 2. The van der Waals surface area contributed by atoms with Crippen LogP contribution in [0.1, 0.15) is 27.2 Å². The summed E-state index contributed by atoms with van der Waals surface area (Å²) in [5, 5.41) is 3.60. The molecule has 1 fully saturated rings. The standard InChI is InChI=1S/C22H27N3O4S/c1-28-16-8-6-15(7-9-16)25-12-10-24(11-13-25)14-19(26)23-21-20(22(27)29-2)17-4-3-5-18(17)30-21/h6-9H,3-5,10-14H2,1-2H3,(H,23,26). The zero-order valence-corrected chi connectivity index (χ0v) is 18.2. The van der Waals surface area contributed by atoms with Gasteiger partial charge in [-0.3, -0.25) is 9.69 Å². The van der Waals surface area contributed by atoms with E-state index in [1.54, 1.807) is 7.11 Å². The Hall–Kier alpha value is -2.58. The number of nitrogens with one attached hydrogen (secondary N) is 1. The van der Waals surface area contributed by atoms with Crippen LogP contribution in [0.5, 0.6) is 5.75 Å². The second-order valence-electron chi connectivity index (χ2n) is 7.56. The summed E-state index contributed by atoms with van der Waals surface area (Å²) in [6.45, 7) is 3.66. The van der Waals surface area contributed by atoms with E-state index in [0.717, 1.165) is 62.4 Å². The molecule has 2 heterocycles. The molecule has 1 N–H and O–H groups in total. The number of carbonyl (C=O) groups is 2. The van der Waals surface area contributed by atoms with Gasteiger partial charge in [-0.15, -0.1) is 11.3 Å². The second kappa shape index (κ2) is 9.06. The fourth-order valence-corrected chi connectivity index (χ4v) is 5.43. The van der Waals surface area contributed by atoms with Crippen molar-refractivity contribution in [2.45, 2.75) is 19.3 Å². The Kier molecular flexibility index (Phi) is 6.24. The molecular weight excluding hydrogens is 402 g/mol. The maximum Gasteiger partial charge on any atom is 0.341 e. The van der Waals surface area contributed by atoms with E-state index in [2.05, 4.69) is 27.2 Å². The molecule has 1 saturated heterocycles. The third-order valence-electron chi connectivity index (χ3n) is 5.74. The zero-order chi connectivity index (χ0) is 21.1. The van der Waals surface area contributed by atoms with Crippen molar-refractivity contribution >= 4 is 33.9 Å². The fourth-order valence-electron chi connectivity index (χ4n) is 4.14. The van der Waals surface area contributed by atoms with Crippen LogP contribution in [0.3, 0.4) is 0 Å². The molecule has 0 spiro atoms. The highest BCUT2D eigenvalue weighted by molar-refractivity contribution is 7.17. The predicted octanol–water partition coefficient (Wildman–Crippen LogP) is 2.79. The number of thiophene rings is 1. The van der Waals surface area contributed by atoms with E-state index < -0.39 is 0 Å². The van der Waals surface area contributed by atoms with Crippen LogP contribution in [-0.4, -0.2) is 63.7 Å². The molecule has 0 saturated carbocycles. The number of fused-ring (bicyclic) bond motifs is 1. The van der Waals surface area contributed by atoms with Crippen LogP contribution >= 0.6 is 11.3 Å². The van der Waals surface area contributed by atoms with Crippen molar-refractivity contribution < 1.29 is 19.1 Å². The molecular formula is C22H27N3O4S. The summed E-state index contributed by atoms with van der Waals surface area (Å²) < 4.78 is 10.2. The molecule has 160 valence electrons. The number of anilines is 2. The van der Waals surface area contributed by atoms with Gasteiger partial charge in [-0.05, 0) is 49.1 Å². The average molecular weight is 430 g/mol. The average Bonchev–Trinajstić information content (AvgIpc) is 3.34. The first-order chi connectivity index (χ1) is 14.6. The van der Waals surface area contributed by atoms with Crippen LogP contribution in [0.15, 0.2) is 24.3 Å². The van der Waals surface area contributed by atoms with E-state index in [0.29, 0.717) is 17.1 Å². The van der Waals surface area contributed by atoms with Crippen molar-refractivity contribution in [2.24, 2.45) is 0 Å². The van der Waals surface area contributed by atoms with Gasteiger partial charge in [0, 0.05) is 36.7 Å². The van der Waals surface area contributed by atoms with E-state index in [4.69, 9.17) is 9.47 Å². The van der Waals surface area contributed by atoms with Crippen LogP contribution in [0.4, 0.5) is 10.7 Å². The second-order valence-corrected chi connectivity index (χ2v) is 8.67. The number of amides is 1. The smallest absolute Gasteiger partial charge is 0.341 e. The Balaban J connectivity index is 1.33. The number of rotatable bonds is 6. The molecule has 1 aromatic carbocycles. The molecule has 0 bridgehead atoms. The van der Waals surface area contributed by atoms with E-state index >= 15 is 0 Å². The highest BCUT2D eigenvalue weighted by Gasteiger charge is 2.28. The normalized spacial score (nSPS) is 16.3. The number of aryl methyl sites for hydroxylation is 1. The first-order valence-electron chi connectivity index (χ1n) is 10.2. The van der Waals surface area contributed by atoms with Crippen LogP contribution in [0.2, 0.25) is 0 Å². The Morgan fingerprint density at radius 2 is 1.80 bits per heavy atom. The van der Waals surface area contributed by atoms with Gasteiger partial charge < -0.3 is 19.7 Å². The summed E-state index contributed by atoms with van der Waals surface area (Å²) in [6.07, 6.45) is 2.89. The molecule has 7 nitrogen and oxygen atoms in total. The number of piperazine rings is 1. The number of hydrogen-bond acceptors (Lipinski definition) is 7. The lowest BCUT2D eigenvalue weighted by atomic mass is 10.1. The zero-order valence-electron chi connectivity index (χ0n) is 17.4. The lowest BCUT2D eigenvalue weighted by Crippen LogP contribution is -2.48. The number of methoxy groups -OCH3 is 2. The SMILES string of the molecule is COC(=O)c1c(NC(=O)CN2CCN(c3ccc(OC)cc3)CC2)sc2c1CCC2. The summed E-state index contributed by atoms with van der Waals surface area (Å²) in [5.74, 6) is 0.399. The Morgan fingerprint density at radius 1 is 1.07 bits per heavy atom. The number of nitrogens with zero attached hydrogens (tertiary/aromatic N) is 2. The molecule has 0 unspecified atom stereocenters. The van der Waals surface area contributed by atoms with Crippen molar-refractivity contribution in [1.29, 1.82) is 0 Å². The van der Waals surface area contributed by atoms with Crippen LogP contribution in [0.25, 0.3) is 0 Å². The highest BCUT2D eigenvalue weighted by Crippen LogP contribution is 2.39. The molecule has 1 aromatic heterocycles. The summed E-state index contributed by atoms with van der Waals surface area (Å²) in [6, 6.07) is 8.05. The minimum atomic E-state index is -0.363. The van der Waals surface area contributed by atoms with Crippen LogP contribution in [-0.2, 0) is 22.4 Å². The lowest BCUT2D eigenvalue weighted by molar-refractivity contribution is -0.117. The Bertz CT molecular complexity index is 917. The third-order valence-corrected chi connectivity index (χ3v) is 6.95. The fraction of sp³-hybridized carbons (Fsp3) is 0.455. The van der Waals surface area contributed by atoms with Crippen molar-refractivity contribution in [1.82, 2.24) is 4.90 Å². The van der Waals surface area contributed by atoms with Crippen LogP contribution in [0, 0.1) is 0 Å². The minimum absolute atomic E-state index is 0.0852. The van der Waals surface area contributed by atoms with E-state index in [-0.39, 0.29) is 11.9 Å². The van der Waals surface area contributed by atoms with Gasteiger partial charge in [-0.25, -0.2) is 4.79 Å². The van der Waals surface area contributed by atoms with Gasteiger partial charge in [-0.1, -0.05) is 0 Å². The van der Waals surface area contributed by atoms with Gasteiger partial charge in [0.15, 0.2) is 0 Å². The molecule has 2 aromatic rings. The summed E-state index contributed by atoms with van der Waals surface area (Å²) in [5.41, 5.74) is 2.76. The van der Waals surface area contributed by atoms with Crippen molar-refractivity contribution in [3.8, 4) is 5.75 Å². The lowest BCUT2D eigenvalue weighted by Gasteiger charge is -2.35. The minimum Gasteiger partial charge on any atom is -0.497 e.